The molecule has 2 saturated heterocycles. The van der Waals surface area contributed by atoms with Gasteiger partial charge in [-0.05, 0) is 77.9 Å². The number of carbonyl (C=O) groups excluding carboxylic acids is 2. The lowest BCUT2D eigenvalue weighted by Gasteiger charge is -2.39. The van der Waals surface area contributed by atoms with Crippen LogP contribution in [-0.2, 0) is 6.42 Å². The van der Waals surface area contributed by atoms with Gasteiger partial charge in [-0.15, -0.1) is 11.3 Å². The van der Waals surface area contributed by atoms with E-state index in [1.54, 1.807) is 17.5 Å². The summed E-state index contributed by atoms with van der Waals surface area (Å²) in [6, 6.07) is 23.7. The van der Waals surface area contributed by atoms with Crippen LogP contribution in [0.4, 0.5) is 22.0 Å². The van der Waals surface area contributed by atoms with Crippen LogP contribution in [0.3, 0.4) is 0 Å². The molecular formula is C33H36N6O2S. The van der Waals surface area contributed by atoms with Gasteiger partial charge in [0, 0.05) is 43.8 Å². The first-order chi connectivity index (χ1) is 20.5. The number of hydrogen-bond donors (Lipinski definition) is 3. The van der Waals surface area contributed by atoms with Gasteiger partial charge in [0.05, 0.1) is 16.9 Å². The van der Waals surface area contributed by atoms with Crippen LogP contribution in [0.15, 0.2) is 84.4 Å². The molecule has 0 radical (unpaired) electrons. The van der Waals surface area contributed by atoms with Crippen LogP contribution in [-0.4, -0.2) is 54.5 Å². The van der Waals surface area contributed by atoms with Gasteiger partial charge < -0.3 is 26.2 Å². The van der Waals surface area contributed by atoms with E-state index in [-0.39, 0.29) is 17.4 Å². The molecule has 4 heterocycles. The Morgan fingerprint density at radius 1 is 0.952 bits per heavy atom. The number of benzene rings is 2. The third kappa shape index (κ3) is 6.26. The van der Waals surface area contributed by atoms with Crippen molar-refractivity contribution in [3.05, 3.63) is 95.5 Å². The maximum Gasteiger partial charge on any atom is 0.317 e. The highest BCUT2D eigenvalue weighted by Crippen LogP contribution is 2.41. The summed E-state index contributed by atoms with van der Waals surface area (Å²) < 4.78 is 0. The lowest BCUT2D eigenvalue weighted by Crippen LogP contribution is -2.44. The second-order valence-corrected chi connectivity index (χ2v) is 12.2. The number of urea groups is 1. The molecule has 8 nitrogen and oxygen atoms in total. The number of pyridine rings is 1. The molecule has 42 heavy (non-hydrogen) atoms. The molecule has 0 bridgehead atoms. The van der Waals surface area contributed by atoms with Crippen LogP contribution >= 0.6 is 11.3 Å². The zero-order valence-electron chi connectivity index (χ0n) is 23.6. The topological polar surface area (TPSA) is 104 Å². The molecule has 9 heteroatoms. The molecule has 2 aromatic carbocycles. The highest BCUT2D eigenvalue weighted by molar-refractivity contribution is 7.13. The van der Waals surface area contributed by atoms with E-state index in [4.69, 9.17) is 5.73 Å². The number of carbonyl (C=O) groups is 2. The number of likely N-dealkylation sites (tertiary alicyclic amines) is 1. The first-order valence-corrected chi connectivity index (χ1v) is 15.4. The molecule has 2 aromatic heterocycles. The summed E-state index contributed by atoms with van der Waals surface area (Å²) >= 11 is 1.64. The zero-order valence-corrected chi connectivity index (χ0v) is 24.4. The van der Waals surface area contributed by atoms with Gasteiger partial charge in [0.2, 0.25) is 0 Å². The summed E-state index contributed by atoms with van der Waals surface area (Å²) in [5.41, 5.74) is 10.2. The molecule has 2 fully saturated rings. The smallest absolute Gasteiger partial charge is 0.317 e. The Kier molecular flexibility index (Phi) is 8.10. The predicted octanol–water partition coefficient (Wildman–Crippen LogP) is 5.89. The van der Waals surface area contributed by atoms with E-state index in [1.807, 2.05) is 70.9 Å². The quantitative estimate of drug-likeness (QED) is 0.237. The second kappa shape index (κ2) is 12.2. The normalized spacial score (nSPS) is 16.0. The van der Waals surface area contributed by atoms with Crippen LogP contribution in [0.2, 0.25) is 0 Å². The Morgan fingerprint density at radius 2 is 1.76 bits per heavy atom. The van der Waals surface area contributed by atoms with E-state index >= 15 is 0 Å². The van der Waals surface area contributed by atoms with Gasteiger partial charge in [0.1, 0.15) is 5.82 Å². The molecule has 2 aliphatic rings. The molecule has 0 aliphatic carbocycles. The molecule has 6 rings (SSSR count). The van der Waals surface area contributed by atoms with Gasteiger partial charge in [-0.2, -0.15) is 0 Å². The van der Waals surface area contributed by atoms with E-state index in [0.29, 0.717) is 23.5 Å². The Hall–Kier alpha value is -4.37. The summed E-state index contributed by atoms with van der Waals surface area (Å²) in [6.45, 7) is 4.03. The lowest BCUT2D eigenvalue weighted by molar-refractivity contribution is 0.102. The number of nitrogens with two attached hydrogens (primary N) is 1. The van der Waals surface area contributed by atoms with Gasteiger partial charge in [0.15, 0.2) is 0 Å². The number of nitrogens with one attached hydrogen (secondary N) is 2. The van der Waals surface area contributed by atoms with Crippen molar-refractivity contribution in [2.45, 2.75) is 25.7 Å². The fourth-order valence-corrected chi connectivity index (χ4v) is 6.68. The number of piperidine rings is 1. The minimum absolute atomic E-state index is 0.0424. The average Bonchev–Trinajstić information content (AvgIpc) is 3.71. The summed E-state index contributed by atoms with van der Waals surface area (Å²) in [5, 5.41) is 8.07. The summed E-state index contributed by atoms with van der Waals surface area (Å²) in [7, 11) is 0. The van der Waals surface area contributed by atoms with Crippen LogP contribution in [0, 0.1) is 5.41 Å². The first kappa shape index (κ1) is 27.8. The maximum absolute atomic E-state index is 13.0. The number of aromatic nitrogens is 1. The molecule has 4 N–H and O–H groups in total. The van der Waals surface area contributed by atoms with Crippen molar-refractivity contribution >= 4 is 40.5 Å². The van der Waals surface area contributed by atoms with E-state index < -0.39 is 0 Å². The number of nitrogens with zero attached hydrogens (tertiary/aromatic N) is 3. The molecule has 0 saturated carbocycles. The third-order valence-electron chi connectivity index (χ3n) is 8.52. The van der Waals surface area contributed by atoms with Crippen molar-refractivity contribution in [2.24, 2.45) is 5.41 Å². The lowest BCUT2D eigenvalue weighted by atomic mass is 9.78. The van der Waals surface area contributed by atoms with Gasteiger partial charge in [0.25, 0.3) is 5.91 Å². The van der Waals surface area contributed by atoms with Crippen molar-refractivity contribution in [1.29, 1.82) is 0 Å². The molecule has 2 aliphatic heterocycles. The highest BCUT2D eigenvalue weighted by Gasteiger charge is 2.42. The standard InChI is InChI=1S/C33H36N6O2S/c34-27-10-8-25(29-7-4-20-42-29)21-28(27)37-31(40)26-9-11-30(36-22-26)38-17-13-33(14-18-38)15-19-39(23-33)32(41)35-16-12-24-5-2-1-3-6-24/h1-11,20-22H,12-19,23,34H2,(H,35,41)(H,37,40). The van der Waals surface area contributed by atoms with Gasteiger partial charge in [-0.25, -0.2) is 9.78 Å². The molecule has 0 atom stereocenters. The number of rotatable bonds is 7. The number of thiophene rings is 1. The average molecular weight is 581 g/mol. The van der Waals surface area contributed by atoms with E-state index in [1.165, 1.54) is 5.56 Å². The van der Waals surface area contributed by atoms with Crippen molar-refractivity contribution in [2.75, 3.05) is 48.7 Å². The van der Waals surface area contributed by atoms with Crippen molar-refractivity contribution in [1.82, 2.24) is 15.2 Å². The monoisotopic (exact) mass is 580 g/mol. The van der Waals surface area contributed by atoms with E-state index in [2.05, 4.69) is 32.7 Å². The van der Waals surface area contributed by atoms with E-state index in [9.17, 15) is 9.59 Å². The minimum Gasteiger partial charge on any atom is -0.397 e. The minimum atomic E-state index is -0.241. The summed E-state index contributed by atoms with van der Waals surface area (Å²) in [6.07, 6.45) is 5.54. The molecular weight excluding hydrogens is 544 g/mol. The van der Waals surface area contributed by atoms with Gasteiger partial charge in [-0.1, -0.05) is 42.5 Å². The number of anilines is 3. The molecule has 0 unspecified atom stereocenters. The summed E-state index contributed by atoms with van der Waals surface area (Å²) in [4.78, 5) is 35.8. The van der Waals surface area contributed by atoms with Crippen LogP contribution in [0.1, 0.15) is 35.2 Å². The SMILES string of the molecule is Nc1ccc(-c2cccs2)cc1NC(=O)c1ccc(N2CCC3(CCN(C(=O)NCCc4ccccc4)C3)CC2)nc1. The van der Waals surface area contributed by atoms with Crippen LogP contribution in [0.5, 0.6) is 0 Å². The Labute approximate surface area is 250 Å². The van der Waals surface area contributed by atoms with Crippen LogP contribution in [0.25, 0.3) is 10.4 Å². The van der Waals surface area contributed by atoms with Crippen molar-refractivity contribution in [3.8, 4) is 10.4 Å². The fraction of sp³-hybridized carbons (Fsp3) is 0.303. The molecule has 4 aromatic rings. The maximum atomic E-state index is 13.0. The van der Waals surface area contributed by atoms with Gasteiger partial charge in [-0.3, -0.25) is 4.79 Å². The third-order valence-corrected chi connectivity index (χ3v) is 9.44. The molecule has 1 spiro atoms. The summed E-state index contributed by atoms with van der Waals surface area (Å²) in [5.74, 6) is 0.629. The fourth-order valence-electron chi connectivity index (χ4n) is 5.96. The zero-order chi connectivity index (χ0) is 28.9. The highest BCUT2D eigenvalue weighted by atomic mass is 32.1. The predicted molar refractivity (Wildman–Crippen MR) is 170 cm³/mol. The van der Waals surface area contributed by atoms with Crippen molar-refractivity contribution in [3.63, 3.8) is 0 Å². The van der Waals surface area contributed by atoms with Crippen molar-refractivity contribution < 1.29 is 9.59 Å². The second-order valence-electron chi connectivity index (χ2n) is 11.3. The Bertz CT molecular complexity index is 1520. The van der Waals surface area contributed by atoms with Crippen LogP contribution < -0.4 is 21.3 Å². The Balaban J connectivity index is 0.994. The number of nitrogen functional groups attached to an aromatic ring is 1. The number of amides is 3. The Morgan fingerprint density at radius 3 is 2.50 bits per heavy atom. The number of hydrogen-bond acceptors (Lipinski definition) is 6. The largest absolute Gasteiger partial charge is 0.397 e. The molecule has 216 valence electrons. The van der Waals surface area contributed by atoms with E-state index in [0.717, 1.165) is 68.1 Å². The first-order valence-electron chi connectivity index (χ1n) is 14.5. The molecule has 3 amide bonds. The van der Waals surface area contributed by atoms with Gasteiger partial charge >= 0.3 is 6.03 Å².